The number of carbonyl (C=O) groups is 2. The average molecular weight is 307 g/mol. The summed E-state index contributed by atoms with van der Waals surface area (Å²) in [6, 6.07) is 4.78. The van der Waals surface area contributed by atoms with Crippen molar-refractivity contribution in [3.8, 4) is 11.5 Å². The number of amides is 2. The van der Waals surface area contributed by atoms with Crippen LogP contribution in [0.2, 0.25) is 0 Å². The zero-order valence-corrected chi connectivity index (χ0v) is 12.8. The van der Waals surface area contributed by atoms with Gasteiger partial charge in [0.2, 0.25) is 0 Å². The lowest BCUT2D eigenvalue weighted by molar-refractivity contribution is -0.122. The van der Waals surface area contributed by atoms with Crippen molar-refractivity contribution < 1.29 is 19.4 Å². The fourth-order valence-corrected chi connectivity index (χ4v) is 2.81. The number of phenols is 1. The monoisotopic (exact) mass is 307 g/mol. The number of aromatic hydroxyl groups is 1. The van der Waals surface area contributed by atoms with E-state index < -0.39 is 0 Å². The first-order valence-electron chi connectivity index (χ1n) is 6.69. The molecule has 0 aliphatic carbocycles. The maximum atomic E-state index is 12.2. The van der Waals surface area contributed by atoms with E-state index in [1.54, 1.807) is 18.2 Å². The number of rotatable bonds is 5. The van der Waals surface area contributed by atoms with Gasteiger partial charge in [-0.3, -0.25) is 14.5 Å². The quantitative estimate of drug-likeness (QED) is 0.846. The third-order valence-corrected chi connectivity index (χ3v) is 4.02. The van der Waals surface area contributed by atoms with Crippen LogP contribution in [0.4, 0.5) is 4.79 Å². The molecule has 1 aliphatic heterocycles. The van der Waals surface area contributed by atoms with E-state index >= 15 is 0 Å². The van der Waals surface area contributed by atoms with Crippen molar-refractivity contribution in [2.75, 3.05) is 13.7 Å². The van der Waals surface area contributed by atoms with Gasteiger partial charge in [0, 0.05) is 6.54 Å². The van der Waals surface area contributed by atoms with E-state index in [1.165, 1.54) is 18.1 Å². The number of methoxy groups -OCH3 is 1. The predicted octanol–water partition coefficient (Wildman–Crippen LogP) is 3.24. The summed E-state index contributed by atoms with van der Waals surface area (Å²) >= 11 is 0.940. The number of unbranched alkanes of at least 4 members (excludes halogenated alkanes) is 1. The van der Waals surface area contributed by atoms with E-state index in [-0.39, 0.29) is 16.9 Å². The van der Waals surface area contributed by atoms with Gasteiger partial charge < -0.3 is 9.84 Å². The highest BCUT2D eigenvalue weighted by Crippen LogP contribution is 2.34. The molecule has 0 saturated carbocycles. The van der Waals surface area contributed by atoms with E-state index in [2.05, 4.69) is 0 Å². The van der Waals surface area contributed by atoms with Crippen LogP contribution < -0.4 is 4.74 Å². The summed E-state index contributed by atoms with van der Waals surface area (Å²) in [5.74, 6) is 0.102. The van der Waals surface area contributed by atoms with Crippen molar-refractivity contribution in [3.63, 3.8) is 0 Å². The molecule has 112 valence electrons. The third-order valence-electron chi connectivity index (χ3n) is 3.11. The third kappa shape index (κ3) is 3.39. The van der Waals surface area contributed by atoms with Crippen molar-refractivity contribution in [2.24, 2.45) is 0 Å². The number of nitrogens with zero attached hydrogens (tertiary/aromatic N) is 1. The topological polar surface area (TPSA) is 66.8 Å². The van der Waals surface area contributed by atoms with Gasteiger partial charge in [0.1, 0.15) is 0 Å². The molecule has 1 fully saturated rings. The summed E-state index contributed by atoms with van der Waals surface area (Å²) in [6.45, 7) is 2.47. The highest BCUT2D eigenvalue weighted by atomic mass is 32.2. The number of benzene rings is 1. The number of hydrogen-bond donors (Lipinski definition) is 1. The van der Waals surface area contributed by atoms with E-state index in [0.717, 1.165) is 24.6 Å². The van der Waals surface area contributed by atoms with E-state index in [9.17, 15) is 14.7 Å². The average Bonchev–Trinajstić information content (AvgIpc) is 2.73. The van der Waals surface area contributed by atoms with Crippen molar-refractivity contribution in [1.82, 2.24) is 4.90 Å². The summed E-state index contributed by atoms with van der Waals surface area (Å²) in [4.78, 5) is 25.7. The second kappa shape index (κ2) is 6.67. The van der Waals surface area contributed by atoms with Gasteiger partial charge in [0.05, 0.1) is 12.0 Å². The highest BCUT2D eigenvalue weighted by molar-refractivity contribution is 8.18. The van der Waals surface area contributed by atoms with Crippen LogP contribution in [0.25, 0.3) is 6.08 Å². The molecular weight excluding hydrogens is 290 g/mol. The fraction of sp³-hybridized carbons (Fsp3) is 0.333. The number of hydrogen-bond acceptors (Lipinski definition) is 5. The first-order chi connectivity index (χ1) is 10.1. The summed E-state index contributed by atoms with van der Waals surface area (Å²) in [5.41, 5.74) is 0.700. The summed E-state index contributed by atoms with van der Waals surface area (Å²) in [5, 5.41) is 9.32. The van der Waals surface area contributed by atoms with Crippen molar-refractivity contribution >= 4 is 29.0 Å². The van der Waals surface area contributed by atoms with E-state index in [4.69, 9.17) is 4.74 Å². The molecule has 0 atom stereocenters. The molecule has 1 N–H and O–H groups in total. The second-order valence-electron chi connectivity index (χ2n) is 4.62. The molecule has 0 unspecified atom stereocenters. The largest absolute Gasteiger partial charge is 0.504 e. The highest BCUT2D eigenvalue weighted by Gasteiger charge is 2.34. The second-order valence-corrected chi connectivity index (χ2v) is 5.61. The predicted molar refractivity (Wildman–Crippen MR) is 82.2 cm³/mol. The van der Waals surface area contributed by atoms with Gasteiger partial charge in [0.25, 0.3) is 11.1 Å². The molecule has 0 radical (unpaired) electrons. The Morgan fingerprint density at radius 3 is 2.81 bits per heavy atom. The van der Waals surface area contributed by atoms with Crippen molar-refractivity contribution in [2.45, 2.75) is 19.8 Å². The Morgan fingerprint density at radius 1 is 1.38 bits per heavy atom. The molecule has 0 bridgehead atoms. The first kappa shape index (κ1) is 15.4. The van der Waals surface area contributed by atoms with Crippen LogP contribution in [0.5, 0.6) is 11.5 Å². The molecule has 5 nitrogen and oxygen atoms in total. The molecule has 6 heteroatoms. The number of thioether (sulfide) groups is 1. The molecule has 1 heterocycles. The number of phenolic OH excluding ortho intramolecular Hbond substituents is 1. The summed E-state index contributed by atoms with van der Waals surface area (Å²) in [6.07, 6.45) is 3.37. The summed E-state index contributed by atoms with van der Waals surface area (Å²) in [7, 11) is 1.46. The minimum absolute atomic E-state index is 0.0331. The Labute approximate surface area is 127 Å². The van der Waals surface area contributed by atoms with Crippen molar-refractivity contribution in [3.05, 3.63) is 28.7 Å². The molecule has 2 rings (SSSR count). The first-order valence-corrected chi connectivity index (χ1v) is 7.50. The maximum Gasteiger partial charge on any atom is 0.293 e. The molecule has 0 aromatic heterocycles. The molecule has 1 saturated heterocycles. The number of imide groups is 1. The smallest absolute Gasteiger partial charge is 0.293 e. The Hall–Kier alpha value is -1.95. The van der Waals surface area contributed by atoms with Gasteiger partial charge >= 0.3 is 0 Å². The summed E-state index contributed by atoms with van der Waals surface area (Å²) < 4.78 is 5.02. The Balaban J connectivity index is 2.22. The van der Waals surface area contributed by atoms with Crippen LogP contribution in [0.3, 0.4) is 0 Å². The zero-order valence-electron chi connectivity index (χ0n) is 12.0. The zero-order chi connectivity index (χ0) is 15.4. The standard InChI is InChI=1S/C15H17NO4S/c1-3-4-7-16-14(18)13(21-15(16)19)9-10-5-6-11(17)12(8-10)20-2/h5-6,8-9,17H,3-4,7H2,1-2H3/b13-9-. The molecule has 0 spiro atoms. The molecular formula is C15H17NO4S. The van der Waals surface area contributed by atoms with Crippen LogP contribution in [-0.2, 0) is 4.79 Å². The normalized spacial score (nSPS) is 16.9. The van der Waals surface area contributed by atoms with Crippen LogP contribution in [0.1, 0.15) is 25.3 Å². The lowest BCUT2D eigenvalue weighted by Gasteiger charge is -2.10. The van der Waals surface area contributed by atoms with Gasteiger partial charge in [-0.25, -0.2) is 0 Å². The minimum Gasteiger partial charge on any atom is -0.504 e. The minimum atomic E-state index is -0.259. The van der Waals surface area contributed by atoms with Crippen LogP contribution in [0, 0.1) is 0 Å². The van der Waals surface area contributed by atoms with Gasteiger partial charge in [-0.05, 0) is 42.0 Å². The Bertz CT molecular complexity index is 597. The molecule has 1 aromatic carbocycles. The lowest BCUT2D eigenvalue weighted by atomic mass is 10.2. The van der Waals surface area contributed by atoms with Gasteiger partial charge in [-0.15, -0.1) is 0 Å². The lowest BCUT2D eigenvalue weighted by Crippen LogP contribution is -2.29. The molecule has 21 heavy (non-hydrogen) atoms. The SMILES string of the molecule is CCCCN1C(=O)S/C(=C\c2ccc(O)c(OC)c2)C1=O. The molecule has 1 aromatic rings. The molecule has 1 aliphatic rings. The Morgan fingerprint density at radius 2 is 2.14 bits per heavy atom. The van der Waals surface area contributed by atoms with E-state index in [1.807, 2.05) is 6.92 Å². The fourth-order valence-electron chi connectivity index (χ4n) is 1.94. The van der Waals surface area contributed by atoms with Gasteiger partial charge in [-0.2, -0.15) is 0 Å². The van der Waals surface area contributed by atoms with Crippen LogP contribution in [0.15, 0.2) is 23.1 Å². The van der Waals surface area contributed by atoms with Crippen LogP contribution in [-0.4, -0.2) is 34.8 Å². The number of ether oxygens (including phenoxy) is 1. The maximum absolute atomic E-state index is 12.2. The number of carbonyl (C=O) groups excluding carboxylic acids is 2. The molecule has 2 amide bonds. The van der Waals surface area contributed by atoms with Crippen LogP contribution >= 0.6 is 11.8 Å². The van der Waals surface area contributed by atoms with E-state index in [0.29, 0.717) is 22.8 Å². The van der Waals surface area contributed by atoms with Gasteiger partial charge in [-0.1, -0.05) is 19.4 Å². The van der Waals surface area contributed by atoms with Crippen molar-refractivity contribution in [1.29, 1.82) is 0 Å². The Kier molecular flexibility index (Phi) is 4.90. The van der Waals surface area contributed by atoms with Gasteiger partial charge in [0.15, 0.2) is 11.5 Å².